The number of carbonyl (C=O) groups excluding carboxylic acids is 1. The van der Waals surface area contributed by atoms with E-state index in [0.29, 0.717) is 12.2 Å². The number of para-hydroxylation sites is 1. The van der Waals surface area contributed by atoms with Gasteiger partial charge in [-0.3, -0.25) is 4.79 Å². The second kappa shape index (κ2) is 6.27. The Kier molecular flexibility index (Phi) is 3.82. The van der Waals surface area contributed by atoms with Crippen LogP contribution in [0.15, 0.2) is 48.8 Å². The van der Waals surface area contributed by atoms with E-state index in [9.17, 15) is 4.79 Å². The third-order valence-electron chi connectivity index (χ3n) is 4.31. The number of hydrogen-bond acceptors (Lipinski definition) is 5. The number of nitrogens with one attached hydrogen (secondary N) is 1. The fraction of sp³-hybridized carbons (Fsp3) is 0.294. The molecule has 0 radical (unpaired) electrons. The first-order valence-electron chi connectivity index (χ1n) is 8.07. The SMILES string of the molecule is O=C(Nc1ccccc1)[C@@H]1CCCN(c2ccc3nncn3n2)C1. The molecule has 4 rings (SSSR count). The lowest BCUT2D eigenvalue weighted by Gasteiger charge is -2.32. The lowest BCUT2D eigenvalue weighted by molar-refractivity contribution is -0.120. The molecular formula is C17H18N6O. The molecule has 1 saturated heterocycles. The highest BCUT2D eigenvalue weighted by molar-refractivity contribution is 5.93. The number of hydrogen-bond donors (Lipinski definition) is 1. The van der Waals surface area contributed by atoms with Crippen LogP contribution < -0.4 is 10.2 Å². The van der Waals surface area contributed by atoms with Crippen molar-refractivity contribution in [3.8, 4) is 0 Å². The maximum Gasteiger partial charge on any atom is 0.229 e. The number of rotatable bonds is 3. The summed E-state index contributed by atoms with van der Waals surface area (Å²) in [7, 11) is 0. The molecule has 0 bridgehead atoms. The number of aromatic nitrogens is 4. The van der Waals surface area contributed by atoms with Crippen LogP contribution in [-0.2, 0) is 4.79 Å². The Morgan fingerprint density at radius 3 is 2.92 bits per heavy atom. The van der Waals surface area contributed by atoms with Gasteiger partial charge in [0.1, 0.15) is 12.1 Å². The van der Waals surface area contributed by atoms with E-state index in [1.54, 1.807) is 10.8 Å². The fourth-order valence-corrected chi connectivity index (χ4v) is 3.05. The highest BCUT2D eigenvalue weighted by Gasteiger charge is 2.26. The molecular weight excluding hydrogens is 304 g/mol. The predicted molar refractivity (Wildman–Crippen MR) is 90.8 cm³/mol. The molecule has 2 aromatic heterocycles. The monoisotopic (exact) mass is 322 g/mol. The summed E-state index contributed by atoms with van der Waals surface area (Å²) in [4.78, 5) is 14.7. The average molecular weight is 322 g/mol. The Bertz CT molecular complexity index is 846. The zero-order chi connectivity index (χ0) is 16.4. The van der Waals surface area contributed by atoms with Crippen molar-refractivity contribution in [2.45, 2.75) is 12.8 Å². The number of fused-ring (bicyclic) bond motifs is 1. The molecule has 1 amide bonds. The van der Waals surface area contributed by atoms with Crippen molar-refractivity contribution in [1.82, 2.24) is 19.8 Å². The van der Waals surface area contributed by atoms with Gasteiger partial charge < -0.3 is 10.2 Å². The van der Waals surface area contributed by atoms with Gasteiger partial charge in [0.15, 0.2) is 5.65 Å². The number of anilines is 2. The van der Waals surface area contributed by atoms with E-state index in [1.165, 1.54) is 0 Å². The van der Waals surface area contributed by atoms with Gasteiger partial charge in [0.2, 0.25) is 5.91 Å². The second-order valence-corrected chi connectivity index (χ2v) is 5.97. The highest BCUT2D eigenvalue weighted by atomic mass is 16.1. The maximum absolute atomic E-state index is 12.5. The van der Waals surface area contributed by atoms with Gasteiger partial charge in [-0.15, -0.1) is 15.3 Å². The predicted octanol–water partition coefficient (Wildman–Crippen LogP) is 1.98. The first kappa shape index (κ1) is 14.6. The quantitative estimate of drug-likeness (QED) is 0.798. The smallest absolute Gasteiger partial charge is 0.229 e. The second-order valence-electron chi connectivity index (χ2n) is 5.97. The lowest BCUT2D eigenvalue weighted by Crippen LogP contribution is -2.41. The molecule has 0 unspecified atom stereocenters. The standard InChI is InChI=1S/C17H18N6O/c24-17(19-14-6-2-1-3-7-14)13-5-4-10-22(11-13)16-9-8-15-20-18-12-23(15)21-16/h1-3,6-9,12-13H,4-5,10-11H2,(H,19,24)/t13-/m1/s1. The van der Waals surface area contributed by atoms with E-state index in [-0.39, 0.29) is 11.8 Å². The van der Waals surface area contributed by atoms with Crippen LogP contribution in [0.3, 0.4) is 0 Å². The number of piperidine rings is 1. The summed E-state index contributed by atoms with van der Waals surface area (Å²) in [6.45, 7) is 1.56. The minimum atomic E-state index is -0.0441. The van der Waals surface area contributed by atoms with Gasteiger partial charge >= 0.3 is 0 Å². The van der Waals surface area contributed by atoms with Gasteiger partial charge in [-0.2, -0.15) is 4.52 Å². The topological polar surface area (TPSA) is 75.4 Å². The summed E-state index contributed by atoms with van der Waals surface area (Å²) in [5, 5.41) is 15.3. The molecule has 1 fully saturated rings. The highest BCUT2D eigenvalue weighted by Crippen LogP contribution is 2.23. The van der Waals surface area contributed by atoms with Gasteiger partial charge in [-0.25, -0.2) is 0 Å². The molecule has 1 atom stereocenters. The molecule has 1 aliphatic rings. The van der Waals surface area contributed by atoms with Crippen molar-refractivity contribution in [2.75, 3.05) is 23.3 Å². The van der Waals surface area contributed by atoms with E-state index in [1.807, 2.05) is 42.5 Å². The summed E-state index contributed by atoms with van der Waals surface area (Å²) >= 11 is 0. The normalized spacial score (nSPS) is 17.8. The molecule has 24 heavy (non-hydrogen) atoms. The zero-order valence-corrected chi connectivity index (χ0v) is 13.2. The maximum atomic E-state index is 12.5. The van der Waals surface area contributed by atoms with Crippen LogP contribution in [0.4, 0.5) is 11.5 Å². The van der Waals surface area contributed by atoms with E-state index < -0.39 is 0 Å². The summed E-state index contributed by atoms with van der Waals surface area (Å²) in [6, 6.07) is 13.4. The van der Waals surface area contributed by atoms with Crippen LogP contribution >= 0.6 is 0 Å². The Morgan fingerprint density at radius 1 is 1.17 bits per heavy atom. The van der Waals surface area contributed by atoms with E-state index >= 15 is 0 Å². The van der Waals surface area contributed by atoms with Gasteiger partial charge in [0.25, 0.3) is 0 Å². The Hall–Kier alpha value is -2.96. The van der Waals surface area contributed by atoms with E-state index in [2.05, 4.69) is 25.5 Å². The van der Waals surface area contributed by atoms with Gasteiger partial charge in [0, 0.05) is 18.8 Å². The Balaban J connectivity index is 1.47. The van der Waals surface area contributed by atoms with Crippen LogP contribution in [0.2, 0.25) is 0 Å². The van der Waals surface area contributed by atoms with E-state index in [0.717, 1.165) is 30.9 Å². The molecule has 122 valence electrons. The summed E-state index contributed by atoms with van der Waals surface area (Å²) in [5.74, 6) is 0.869. The molecule has 3 heterocycles. The van der Waals surface area contributed by atoms with Crippen LogP contribution in [0.5, 0.6) is 0 Å². The molecule has 0 aliphatic carbocycles. The van der Waals surface area contributed by atoms with Crippen LogP contribution in [0.25, 0.3) is 5.65 Å². The Labute approximate surface area is 139 Å². The van der Waals surface area contributed by atoms with Crippen LogP contribution in [0.1, 0.15) is 12.8 Å². The number of nitrogens with zero attached hydrogens (tertiary/aromatic N) is 5. The summed E-state index contributed by atoms with van der Waals surface area (Å²) in [5.41, 5.74) is 1.55. The van der Waals surface area contributed by atoms with Gasteiger partial charge in [-0.1, -0.05) is 18.2 Å². The minimum absolute atomic E-state index is 0.0441. The molecule has 1 N–H and O–H groups in total. The Morgan fingerprint density at radius 2 is 2.04 bits per heavy atom. The number of benzene rings is 1. The lowest BCUT2D eigenvalue weighted by atomic mass is 9.97. The number of amides is 1. The zero-order valence-electron chi connectivity index (χ0n) is 13.2. The first-order chi connectivity index (χ1) is 11.8. The summed E-state index contributed by atoms with van der Waals surface area (Å²) < 4.78 is 1.66. The van der Waals surface area contributed by atoms with Crippen molar-refractivity contribution in [3.63, 3.8) is 0 Å². The first-order valence-corrected chi connectivity index (χ1v) is 8.07. The van der Waals surface area contributed by atoms with Crippen molar-refractivity contribution in [2.24, 2.45) is 5.92 Å². The van der Waals surface area contributed by atoms with Crippen LogP contribution in [-0.4, -0.2) is 38.8 Å². The average Bonchev–Trinajstić information content (AvgIpc) is 3.10. The van der Waals surface area contributed by atoms with Crippen molar-refractivity contribution < 1.29 is 4.79 Å². The molecule has 0 saturated carbocycles. The number of carbonyl (C=O) groups is 1. The third kappa shape index (κ3) is 2.92. The third-order valence-corrected chi connectivity index (χ3v) is 4.31. The van der Waals surface area contributed by atoms with Crippen molar-refractivity contribution in [3.05, 3.63) is 48.8 Å². The minimum Gasteiger partial charge on any atom is -0.354 e. The van der Waals surface area contributed by atoms with E-state index in [4.69, 9.17) is 0 Å². The van der Waals surface area contributed by atoms with Gasteiger partial charge in [0.05, 0.1) is 5.92 Å². The largest absolute Gasteiger partial charge is 0.354 e. The molecule has 7 nitrogen and oxygen atoms in total. The summed E-state index contributed by atoms with van der Waals surface area (Å²) in [6.07, 6.45) is 3.45. The molecule has 1 aliphatic heterocycles. The fourth-order valence-electron chi connectivity index (χ4n) is 3.05. The van der Waals surface area contributed by atoms with Crippen LogP contribution in [0, 0.1) is 5.92 Å². The molecule has 1 aromatic carbocycles. The van der Waals surface area contributed by atoms with Gasteiger partial charge in [-0.05, 0) is 37.1 Å². The molecule has 0 spiro atoms. The molecule has 3 aromatic rings. The molecule has 7 heteroatoms. The van der Waals surface area contributed by atoms with Crippen molar-refractivity contribution in [1.29, 1.82) is 0 Å². The van der Waals surface area contributed by atoms with Crippen molar-refractivity contribution >= 4 is 23.1 Å².